The number of nitrogens with one attached hydrogen (secondary N) is 1. The summed E-state index contributed by atoms with van der Waals surface area (Å²) in [6, 6.07) is 4.94. The molecule has 0 radical (unpaired) electrons. The fourth-order valence-electron chi connectivity index (χ4n) is 6.34. The van der Waals surface area contributed by atoms with Gasteiger partial charge in [-0.2, -0.15) is 10.2 Å². The zero-order valence-electron chi connectivity index (χ0n) is 30.2. The summed E-state index contributed by atoms with van der Waals surface area (Å²) < 4.78 is 17.5. The Morgan fingerprint density at radius 2 is 1.21 bits per heavy atom. The molecule has 20 nitrogen and oxygen atoms in total. The molecule has 0 atom stereocenters. The maximum absolute atomic E-state index is 12.9. The van der Waals surface area contributed by atoms with E-state index in [1.165, 1.54) is 19.2 Å². The fourth-order valence-corrected chi connectivity index (χ4v) is 6.66. The van der Waals surface area contributed by atoms with Gasteiger partial charge >= 0.3 is 5.97 Å². The number of hydrogen-bond acceptors (Lipinski definition) is 13. The van der Waals surface area contributed by atoms with Gasteiger partial charge in [0.2, 0.25) is 17.5 Å². The molecule has 0 spiro atoms. The van der Waals surface area contributed by atoms with Crippen LogP contribution in [0.5, 0.6) is 11.5 Å². The van der Waals surface area contributed by atoms with Crippen LogP contribution in [0, 0.1) is 0 Å². The summed E-state index contributed by atoms with van der Waals surface area (Å²) in [5.74, 6) is -3.94. The van der Waals surface area contributed by atoms with E-state index in [2.05, 4.69) is 20.3 Å². The van der Waals surface area contributed by atoms with E-state index in [0.717, 1.165) is 7.11 Å². The lowest BCUT2D eigenvalue weighted by atomic mass is 10.2. The third kappa shape index (κ3) is 8.67. The third-order valence-corrected chi connectivity index (χ3v) is 10.1. The molecular formula is C34H39Cl2N9O11. The van der Waals surface area contributed by atoms with E-state index < -0.39 is 35.2 Å². The maximum Gasteiger partial charge on any atom is 0.362 e. The molecule has 0 saturated carbocycles. The Kier molecular flexibility index (Phi) is 12.6. The SMILES string of the molecule is COC(=O)c1nn2c(c1O)C(=O)N(CC(=O)N1CCOCC1)CC2.O=C(NCc1ccc(Cl)c(Cl)c1)c1nn2c(c1O)C(=O)N(CC(=O)N1CCOCC1)CC2. The van der Waals surface area contributed by atoms with Crippen LogP contribution >= 0.6 is 23.2 Å². The quantitative estimate of drug-likeness (QED) is 0.251. The van der Waals surface area contributed by atoms with Gasteiger partial charge in [0.05, 0.1) is 56.7 Å². The number of methoxy groups -OCH3 is 1. The zero-order valence-corrected chi connectivity index (χ0v) is 31.8. The van der Waals surface area contributed by atoms with Crippen LogP contribution in [0.2, 0.25) is 10.0 Å². The number of carbonyl (C=O) groups is 6. The van der Waals surface area contributed by atoms with Gasteiger partial charge in [0.15, 0.2) is 28.6 Å². The van der Waals surface area contributed by atoms with Gasteiger partial charge in [-0.15, -0.1) is 0 Å². The maximum atomic E-state index is 12.9. The van der Waals surface area contributed by atoms with Crippen molar-refractivity contribution < 1.29 is 53.2 Å². The Morgan fingerprint density at radius 1 is 0.732 bits per heavy atom. The molecule has 6 heterocycles. The summed E-state index contributed by atoms with van der Waals surface area (Å²) in [7, 11) is 1.16. The standard InChI is InChI=1S/C20H21Cl2N5O5.C14H18N4O6/c21-13-2-1-12(9-14(13)22)10-23-19(30)16-18(29)17-20(31)26(3-4-27(17)24-16)11-15(28)25-5-7-32-8-6-25;1-23-14(22)10-12(20)11-13(21)17(2-3-18(11)15-10)8-9(19)16-4-6-24-7-5-16/h1-2,9,29H,3-8,10-11H2,(H,23,30);20H,2-8H2,1H3. The lowest BCUT2D eigenvalue weighted by molar-refractivity contribution is -0.136. The van der Waals surface area contributed by atoms with Crippen LogP contribution < -0.4 is 5.32 Å². The van der Waals surface area contributed by atoms with Crippen LogP contribution in [0.4, 0.5) is 0 Å². The molecule has 2 saturated heterocycles. The van der Waals surface area contributed by atoms with Crippen molar-refractivity contribution in [2.75, 3.05) is 85.9 Å². The first kappa shape index (κ1) is 40.2. The number of carbonyl (C=O) groups excluding carboxylic acids is 6. The second-order valence-corrected chi connectivity index (χ2v) is 13.7. The van der Waals surface area contributed by atoms with Gasteiger partial charge in [-0.1, -0.05) is 29.3 Å². The lowest BCUT2D eigenvalue weighted by Crippen LogP contribution is -2.49. The van der Waals surface area contributed by atoms with E-state index in [1.807, 2.05) is 0 Å². The summed E-state index contributed by atoms with van der Waals surface area (Å²) in [5, 5.41) is 32.1. The van der Waals surface area contributed by atoms with Crippen molar-refractivity contribution in [3.63, 3.8) is 0 Å². The number of amides is 5. The average molecular weight is 821 g/mol. The van der Waals surface area contributed by atoms with Crippen molar-refractivity contribution in [3.05, 3.63) is 56.6 Å². The first-order valence-electron chi connectivity index (χ1n) is 17.6. The molecular weight excluding hydrogens is 781 g/mol. The number of fused-ring (bicyclic) bond motifs is 2. The minimum Gasteiger partial charge on any atom is -0.504 e. The van der Waals surface area contributed by atoms with Crippen LogP contribution in [0.3, 0.4) is 0 Å². The van der Waals surface area contributed by atoms with Crippen molar-refractivity contribution in [1.82, 2.24) is 44.5 Å². The number of aromatic hydroxyl groups is 2. The molecule has 4 aliphatic heterocycles. The summed E-state index contributed by atoms with van der Waals surface area (Å²) >= 11 is 11.9. The van der Waals surface area contributed by atoms with Gasteiger partial charge in [0.25, 0.3) is 17.7 Å². The van der Waals surface area contributed by atoms with Crippen LogP contribution in [-0.2, 0) is 43.4 Å². The first-order valence-corrected chi connectivity index (χ1v) is 18.3. The highest BCUT2D eigenvalue weighted by Gasteiger charge is 2.36. The predicted octanol–water partition coefficient (Wildman–Crippen LogP) is -0.170. The van der Waals surface area contributed by atoms with Crippen LogP contribution in [0.15, 0.2) is 18.2 Å². The smallest absolute Gasteiger partial charge is 0.362 e. The fraction of sp³-hybridized carbons (Fsp3) is 0.471. The molecule has 300 valence electrons. The molecule has 22 heteroatoms. The molecule has 56 heavy (non-hydrogen) atoms. The molecule has 0 bridgehead atoms. The average Bonchev–Trinajstić information content (AvgIpc) is 3.74. The molecule has 5 amide bonds. The molecule has 3 aromatic rings. The Morgan fingerprint density at radius 3 is 1.70 bits per heavy atom. The lowest BCUT2D eigenvalue weighted by Gasteiger charge is -2.31. The molecule has 4 aliphatic rings. The predicted molar refractivity (Wildman–Crippen MR) is 193 cm³/mol. The van der Waals surface area contributed by atoms with Crippen LogP contribution in [-0.4, -0.2) is 171 Å². The highest BCUT2D eigenvalue weighted by Crippen LogP contribution is 2.28. The molecule has 3 N–H and O–H groups in total. The van der Waals surface area contributed by atoms with E-state index in [-0.39, 0.29) is 80.4 Å². The van der Waals surface area contributed by atoms with Crippen molar-refractivity contribution in [1.29, 1.82) is 0 Å². The van der Waals surface area contributed by atoms with Gasteiger partial charge in [-0.3, -0.25) is 33.3 Å². The second-order valence-electron chi connectivity index (χ2n) is 12.9. The van der Waals surface area contributed by atoms with Crippen molar-refractivity contribution in [2.24, 2.45) is 0 Å². The van der Waals surface area contributed by atoms with E-state index in [0.29, 0.717) is 68.2 Å². The number of esters is 1. The molecule has 2 aromatic heterocycles. The number of halogens is 2. The van der Waals surface area contributed by atoms with Crippen LogP contribution in [0.25, 0.3) is 0 Å². The van der Waals surface area contributed by atoms with Gasteiger partial charge in [-0.25, -0.2) is 4.79 Å². The van der Waals surface area contributed by atoms with E-state index in [1.54, 1.807) is 28.0 Å². The number of rotatable bonds is 8. The number of hydrogen-bond donors (Lipinski definition) is 3. The molecule has 2 fully saturated rings. The van der Waals surface area contributed by atoms with Gasteiger partial charge in [0.1, 0.15) is 13.1 Å². The molecule has 1 aromatic carbocycles. The first-order chi connectivity index (χ1) is 26.9. The van der Waals surface area contributed by atoms with Gasteiger partial charge in [0, 0.05) is 45.8 Å². The highest BCUT2D eigenvalue weighted by atomic mass is 35.5. The van der Waals surface area contributed by atoms with Crippen molar-refractivity contribution >= 4 is 58.7 Å². The number of morpholine rings is 2. The van der Waals surface area contributed by atoms with Gasteiger partial charge in [-0.05, 0) is 17.7 Å². The van der Waals surface area contributed by atoms with Crippen LogP contribution in [0.1, 0.15) is 47.5 Å². The summed E-state index contributed by atoms with van der Waals surface area (Å²) in [6.45, 7) is 4.83. The number of benzene rings is 1. The minimum absolute atomic E-state index is 0.0863. The van der Waals surface area contributed by atoms with Crippen molar-refractivity contribution in [2.45, 2.75) is 19.6 Å². The minimum atomic E-state index is -0.821. The third-order valence-electron chi connectivity index (χ3n) is 9.41. The summed E-state index contributed by atoms with van der Waals surface area (Å²) in [4.78, 5) is 80.3. The van der Waals surface area contributed by atoms with E-state index in [4.69, 9.17) is 32.7 Å². The number of aromatic nitrogens is 4. The molecule has 7 rings (SSSR count). The Labute approximate surface area is 329 Å². The van der Waals surface area contributed by atoms with Gasteiger partial charge < -0.3 is 49.3 Å². The van der Waals surface area contributed by atoms with E-state index >= 15 is 0 Å². The monoisotopic (exact) mass is 819 g/mol. The zero-order chi connectivity index (χ0) is 40.1. The van der Waals surface area contributed by atoms with Crippen molar-refractivity contribution in [3.8, 4) is 11.5 Å². The normalized spacial score (nSPS) is 16.8. The second kappa shape index (κ2) is 17.6. The molecule has 0 aliphatic carbocycles. The Hall–Kier alpha value is -5.44. The highest BCUT2D eigenvalue weighted by molar-refractivity contribution is 6.42. The Bertz CT molecular complexity index is 2030. The largest absolute Gasteiger partial charge is 0.504 e. The molecule has 0 unspecified atom stereocenters. The summed E-state index contributed by atoms with van der Waals surface area (Å²) in [6.07, 6.45) is 0. The summed E-state index contributed by atoms with van der Waals surface area (Å²) in [5.41, 5.74) is -0.0563. The number of nitrogens with zero attached hydrogens (tertiary/aromatic N) is 8. The Balaban J connectivity index is 0.000000198. The topological polar surface area (TPSA) is 231 Å². The number of ether oxygens (including phenoxy) is 3. The van der Waals surface area contributed by atoms with E-state index in [9.17, 15) is 39.0 Å².